The van der Waals surface area contributed by atoms with Gasteiger partial charge in [0.1, 0.15) is 0 Å². The molecule has 0 saturated heterocycles. The van der Waals surface area contributed by atoms with Crippen molar-refractivity contribution < 1.29 is 22.7 Å². The third kappa shape index (κ3) is 3.45. The van der Waals surface area contributed by atoms with Crippen molar-refractivity contribution in [2.75, 3.05) is 12.4 Å². The molecule has 0 aliphatic rings. The number of halogens is 3. The highest BCUT2D eigenvalue weighted by Crippen LogP contribution is 2.29. The summed E-state index contributed by atoms with van der Waals surface area (Å²) >= 11 is 0. The number of alkyl halides is 3. The Morgan fingerprint density at radius 3 is 2.47 bits per heavy atom. The van der Waals surface area contributed by atoms with Crippen LogP contribution in [0.15, 0.2) is 24.3 Å². The first-order valence-electron chi connectivity index (χ1n) is 5.44. The number of rotatable bonds is 4. The standard InChI is InChI=1S/C12H15F3N2O2/c1-11(16,12(13,14)15)10(18)17-9-6-4-3-5-8(9)7-19-2/h3-6H,7,16H2,1-2H3,(H,17,18). The lowest BCUT2D eigenvalue weighted by Gasteiger charge is -2.26. The molecule has 1 aromatic carbocycles. The van der Waals surface area contributed by atoms with E-state index in [1.54, 1.807) is 18.2 Å². The molecule has 0 radical (unpaired) electrons. The summed E-state index contributed by atoms with van der Waals surface area (Å²) in [4.78, 5) is 11.6. The van der Waals surface area contributed by atoms with Crippen LogP contribution in [0.2, 0.25) is 0 Å². The molecule has 0 bridgehead atoms. The number of carbonyl (C=O) groups excluding carboxylic acids is 1. The van der Waals surface area contributed by atoms with E-state index < -0.39 is 17.6 Å². The largest absolute Gasteiger partial charge is 0.415 e. The lowest BCUT2D eigenvalue weighted by atomic mass is 10.0. The normalized spacial score (nSPS) is 14.8. The van der Waals surface area contributed by atoms with Crippen LogP contribution in [0.4, 0.5) is 18.9 Å². The first kappa shape index (κ1) is 15.5. The predicted molar refractivity (Wildman–Crippen MR) is 64.4 cm³/mol. The molecule has 0 aliphatic carbocycles. The van der Waals surface area contributed by atoms with Crippen molar-refractivity contribution in [1.82, 2.24) is 0 Å². The van der Waals surface area contributed by atoms with Gasteiger partial charge in [-0.05, 0) is 13.0 Å². The summed E-state index contributed by atoms with van der Waals surface area (Å²) in [6, 6.07) is 6.41. The van der Waals surface area contributed by atoms with Crippen LogP contribution in [0.25, 0.3) is 0 Å². The molecule has 0 spiro atoms. The Hall–Kier alpha value is -1.60. The van der Waals surface area contributed by atoms with Crippen molar-refractivity contribution in [1.29, 1.82) is 0 Å². The number of ether oxygens (including phenoxy) is 1. The van der Waals surface area contributed by atoms with Gasteiger partial charge in [0.15, 0.2) is 5.54 Å². The number of para-hydroxylation sites is 1. The molecule has 106 valence electrons. The van der Waals surface area contributed by atoms with E-state index in [0.29, 0.717) is 12.5 Å². The zero-order valence-electron chi connectivity index (χ0n) is 10.5. The van der Waals surface area contributed by atoms with Gasteiger partial charge in [0.05, 0.1) is 6.61 Å². The van der Waals surface area contributed by atoms with E-state index >= 15 is 0 Å². The molecular formula is C12H15F3N2O2. The van der Waals surface area contributed by atoms with E-state index in [1.165, 1.54) is 13.2 Å². The average Bonchev–Trinajstić information content (AvgIpc) is 2.30. The zero-order valence-corrected chi connectivity index (χ0v) is 10.5. The maximum absolute atomic E-state index is 12.6. The highest BCUT2D eigenvalue weighted by Gasteiger charge is 2.54. The molecule has 0 fully saturated rings. The number of anilines is 1. The Balaban J connectivity index is 2.94. The minimum Gasteiger partial charge on any atom is -0.380 e. The highest BCUT2D eigenvalue weighted by molar-refractivity contribution is 5.98. The third-order valence-corrected chi connectivity index (χ3v) is 2.63. The van der Waals surface area contributed by atoms with Crippen LogP contribution in [0, 0.1) is 0 Å². The van der Waals surface area contributed by atoms with Crippen LogP contribution in [0.1, 0.15) is 12.5 Å². The molecule has 1 unspecified atom stereocenters. The van der Waals surface area contributed by atoms with Gasteiger partial charge < -0.3 is 15.8 Å². The Morgan fingerprint density at radius 1 is 1.37 bits per heavy atom. The van der Waals surface area contributed by atoms with Crippen LogP contribution in [0.3, 0.4) is 0 Å². The minimum absolute atomic E-state index is 0.170. The summed E-state index contributed by atoms with van der Waals surface area (Å²) in [6.45, 7) is 0.797. The number of nitrogens with two attached hydrogens (primary N) is 1. The number of benzene rings is 1. The summed E-state index contributed by atoms with van der Waals surface area (Å²) in [5.41, 5.74) is 2.90. The van der Waals surface area contributed by atoms with E-state index in [2.05, 4.69) is 5.32 Å². The summed E-state index contributed by atoms with van der Waals surface area (Å²) < 4.78 is 42.8. The number of nitrogens with one attached hydrogen (secondary N) is 1. The summed E-state index contributed by atoms with van der Waals surface area (Å²) in [5, 5.41) is 2.18. The lowest BCUT2D eigenvalue weighted by molar-refractivity contribution is -0.184. The van der Waals surface area contributed by atoms with Gasteiger partial charge in [0.2, 0.25) is 0 Å². The number of methoxy groups -OCH3 is 1. The Labute approximate surface area is 108 Å². The SMILES string of the molecule is COCc1ccccc1NC(=O)C(C)(N)C(F)(F)F. The van der Waals surface area contributed by atoms with Gasteiger partial charge in [-0.1, -0.05) is 18.2 Å². The Bertz CT molecular complexity index is 459. The van der Waals surface area contributed by atoms with Crippen LogP contribution >= 0.6 is 0 Å². The Kier molecular flexibility index (Phi) is 4.54. The van der Waals surface area contributed by atoms with Crippen molar-refractivity contribution in [2.24, 2.45) is 5.73 Å². The molecule has 0 saturated carbocycles. The molecule has 0 aromatic heterocycles. The summed E-state index contributed by atoms with van der Waals surface area (Å²) in [7, 11) is 1.45. The van der Waals surface area contributed by atoms with Gasteiger partial charge in [-0.25, -0.2) is 0 Å². The van der Waals surface area contributed by atoms with E-state index in [4.69, 9.17) is 10.5 Å². The van der Waals surface area contributed by atoms with Gasteiger partial charge in [-0.15, -0.1) is 0 Å². The van der Waals surface area contributed by atoms with E-state index in [1.807, 2.05) is 0 Å². The molecule has 0 heterocycles. The van der Waals surface area contributed by atoms with Crippen LogP contribution < -0.4 is 11.1 Å². The lowest BCUT2D eigenvalue weighted by Crippen LogP contribution is -2.59. The number of hydrogen-bond donors (Lipinski definition) is 2. The first-order chi connectivity index (χ1) is 8.70. The minimum atomic E-state index is -4.83. The fourth-order valence-electron chi connectivity index (χ4n) is 1.30. The fourth-order valence-corrected chi connectivity index (χ4v) is 1.30. The second kappa shape index (κ2) is 5.58. The number of hydrogen-bond acceptors (Lipinski definition) is 3. The molecule has 1 amide bonds. The number of carbonyl (C=O) groups is 1. The smallest absolute Gasteiger partial charge is 0.380 e. The molecule has 1 atom stereocenters. The maximum Gasteiger partial charge on any atom is 0.415 e. The van der Waals surface area contributed by atoms with Crippen molar-refractivity contribution in [3.63, 3.8) is 0 Å². The van der Waals surface area contributed by atoms with Gasteiger partial charge in [-0.2, -0.15) is 13.2 Å². The highest BCUT2D eigenvalue weighted by atomic mass is 19.4. The molecule has 3 N–H and O–H groups in total. The van der Waals surface area contributed by atoms with Gasteiger partial charge in [0.25, 0.3) is 5.91 Å². The first-order valence-corrected chi connectivity index (χ1v) is 5.44. The third-order valence-electron chi connectivity index (χ3n) is 2.63. The second-order valence-electron chi connectivity index (χ2n) is 4.24. The maximum atomic E-state index is 12.6. The molecule has 1 rings (SSSR count). The van der Waals surface area contributed by atoms with Crippen LogP contribution in [0.5, 0.6) is 0 Å². The second-order valence-corrected chi connectivity index (χ2v) is 4.24. The predicted octanol–water partition coefficient (Wildman–Crippen LogP) is 2.05. The zero-order chi connectivity index (χ0) is 14.7. The van der Waals surface area contributed by atoms with Crippen molar-refractivity contribution in [3.05, 3.63) is 29.8 Å². The molecule has 1 aromatic rings. The number of amides is 1. The van der Waals surface area contributed by atoms with Gasteiger partial charge in [0, 0.05) is 18.4 Å². The van der Waals surface area contributed by atoms with Crippen LogP contribution in [-0.2, 0) is 16.1 Å². The molecular weight excluding hydrogens is 261 g/mol. The van der Waals surface area contributed by atoms with E-state index in [9.17, 15) is 18.0 Å². The summed E-state index contributed by atoms with van der Waals surface area (Å²) in [5.74, 6) is -1.32. The van der Waals surface area contributed by atoms with Crippen molar-refractivity contribution >= 4 is 11.6 Å². The molecule has 19 heavy (non-hydrogen) atoms. The summed E-state index contributed by atoms with van der Waals surface area (Å²) in [6.07, 6.45) is -4.83. The topological polar surface area (TPSA) is 64.3 Å². The van der Waals surface area contributed by atoms with Crippen LogP contribution in [-0.4, -0.2) is 24.7 Å². The quantitative estimate of drug-likeness (QED) is 0.884. The monoisotopic (exact) mass is 276 g/mol. The fraction of sp³-hybridized carbons (Fsp3) is 0.417. The average molecular weight is 276 g/mol. The van der Waals surface area contributed by atoms with E-state index in [0.717, 1.165) is 0 Å². The van der Waals surface area contributed by atoms with Gasteiger partial charge in [-0.3, -0.25) is 4.79 Å². The molecule has 4 nitrogen and oxygen atoms in total. The van der Waals surface area contributed by atoms with Gasteiger partial charge >= 0.3 is 6.18 Å². The molecule has 7 heteroatoms. The molecule has 0 aliphatic heterocycles. The Morgan fingerprint density at radius 2 is 1.95 bits per heavy atom. The van der Waals surface area contributed by atoms with E-state index in [-0.39, 0.29) is 12.3 Å². The van der Waals surface area contributed by atoms with Crippen molar-refractivity contribution in [2.45, 2.75) is 25.2 Å². The van der Waals surface area contributed by atoms with Crippen molar-refractivity contribution in [3.8, 4) is 0 Å².